The molecule has 0 spiro atoms. The van der Waals surface area contributed by atoms with Crippen LogP contribution in [0.2, 0.25) is 0 Å². The molecule has 0 aliphatic rings. The van der Waals surface area contributed by atoms with Gasteiger partial charge in [-0.05, 0) is 18.2 Å². The van der Waals surface area contributed by atoms with Gasteiger partial charge in [-0.15, -0.1) is 0 Å². The number of hydrogen-bond acceptors (Lipinski definition) is 4. The molecule has 2 aromatic rings. The second-order valence-electron chi connectivity index (χ2n) is 4.44. The topological polar surface area (TPSA) is 63.8 Å². The molecule has 100 valence electrons. The minimum absolute atomic E-state index is 0.152. The second kappa shape index (κ2) is 5.52. The highest BCUT2D eigenvalue weighted by Gasteiger charge is 2.09. The van der Waals surface area contributed by atoms with E-state index in [2.05, 4.69) is 31.2 Å². The van der Waals surface area contributed by atoms with E-state index in [1.165, 1.54) is 6.07 Å². The molecule has 0 amide bonds. The number of hydrogen-bond donors (Lipinski definition) is 2. The monoisotopic (exact) mass is 324 g/mol. The van der Waals surface area contributed by atoms with E-state index < -0.39 is 0 Å². The van der Waals surface area contributed by atoms with Gasteiger partial charge in [-0.3, -0.25) is 0 Å². The van der Waals surface area contributed by atoms with Gasteiger partial charge in [0.15, 0.2) is 0 Å². The summed E-state index contributed by atoms with van der Waals surface area (Å²) in [5.41, 5.74) is 6.06. The summed E-state index contributed by atoms with van der Waals surface area (Å²) in [6.07, 6.45) is 0. The van der Waals surface area contributed by atoms with Crippen molar-refractivity contribution in [1.82, 2.24) is 9.97 Å². The maximum atomic E-state index is 13.7. The first-order chi connectivity index (χ1) is 8.95. The molecule has 19 heavy (non-hydrogen) atoms. The first kappa shape index (κ1) is 13.7. The molecule has 0 saturated carbocycles. The van der Waals surface area contributed by atoms with Gasteiger partial charge in [-0.2, -0.15) is 0 Å². The third-order valence-corrected chi connectivity index (χ3v) is 2.97. The van der Waals surface area contributed by atoms with Crippen LogP contribution in [-0.2, 0) is 0 Å². The van der Waals surface area contributed by atoms with Crippen LogP contribution < -0.4 is 11.1 Å². The van der Waals surface area contributed by atoms with E-state index in [4.69, 9.17) is 5.73 Å². The Balaban J connectivity index is 2.32. The highest BCUT2D eigenvalue weighted by molar-refractivity contribution is 9.10. The molecule has 1 aromatic carbocycles. The van der Waals surface area contributed by atoms with E-state index in [1.807, 2.05) is 13.8 Å². The number of benzene rings is 1. The first-order valence-corrected chi connectivity index (χ1v) is 6.61. The number of anilines is 3. The number of nitrogens with zero attached hydrogens (tertiary/aromatic N) is 2. The fourth-order valence-corrected chi connectivity index (χ4v) is 1.87. The zero-order chi connectivity index (χ0) is 14.0. The normalized spacial score (nSPS) is 10.8. The summed E-state index contributed by atoms with van der Waals surface area (Å²) in [4.78, 5) is 8.45. The third-order valence-electron chi connectivity index (χ3n) is 2.47. The molecule has 0 radical (unpaired) electrons. The van der Waals surface area contributed by atoms with Gasteiger partial charge >= 0.3 is 0 Å². The van der Waals surface area contributed by atoms with Crippen molar-refractivity contribution in [2.75, 3.05) is 11.1 Å². The van der Waals surface area contributed by atoms with Crippen LogP contribution in [0, 0.1) is 5.82 Å². The molecule has 1 aromatic heterocycles. The van der Waals surface area contributed by atoms with Crippen molar-refractivity contribution < 1.29 is 4.39 Å². The van der Waals surface area contributed by atoms with Crippen LogP contribution in [0.4, 0.5) is 21.7 Å². The molecule has 0 saturated heterocycles. The van der Waals surface area contributed by atoms with Crippen LogP contribution in [0.1, 0.15) is 25.6 Å². The zero-order valence-corrected chi connectivity index (χ0v) is 12.2. The molecule has 0 aliphatic heterocycles. The fraction of sp³-hybridized carbons (Fsp3) is 0.231. The van der Waals surface area contributed by atoms with Gasteiger partial charge in [0.2, 0.25) is 0 Å². The van der Waals surface area contributed by atoms with Crippen LogP contribution in [0.25, 0.3) is 0 Å². The lowest BCUT2D eigenvalue weighted by molar-refractivity contribution is 0.631. The Bertz CT molecular complexity index is 601. The number of rotatable bonds is 3. The number of aromatic nitrogens is 2. The summed E-state index contributed by atoms with van der Waals surface area (Å²) >= 11 is 3.21. The van der Waals surface area contributed by atoms with Crippen molar-refractivity contribution in [3.63, 3.8) is 0 Å². The van der Waals surface area contributed by atoms with Crippen LogP contribution in [0.15, 0.2) is 28.7 Å². The molecule has 0 bridgehead atoms. The molecule has 3 N–H and O–H groups in total. The Morgan fingerprint density at radius 2 is 2.00 bits per heavy atom. The predicted molar refractivity (Wildman–Crippen MR) is 77.9 cm³/mol. The van der Waals surface area contributed by atoms with E-state index >= 15 is 0 Å². The van der Waals surface area contributed by atoms with Crippen LogP contribution >= 0.6 is 15.9 Å². The number of nitrogens with two attached hydrogens (primary N) is 1. The Morgan fingerprint density at radius 3 is 2.63 bits per heavy atom. The highest BCUT2D eigenvalue weighted by Crippen LogP contribution is 2.23. The standard InChI is InChI=1S/C13H14BrFN4/c1-7(2)13-18-11(16)6-12(19-13)17-10-4-3-8(14)5-9(10)15/h3-7H,1-2H3,(H3,16,17,18,19). The molecule has 0 unspecified atom stereocenters. The van der Waals surface area contributed by atoms with E-state index in [1.54, 1.807) is 18.2 Å². The summed E-state index contributed by atoms with van der Waals surface area (Å²) in [6.45, 7) is 3.94. The SMILES string of the molecule is CC(C)c1nc(N)cc(Nc2ccc(Br)cc2F)n1. The smallest absolute Gasteiger partial charge is 0.147 e. The molecule has 6 heteroatoms. The van der Waals surface area contributed by atoms with Crippen molar-refractivity contribution in [2.24, 2.45) is 0 Å². The molecule has 0 atom stereocenters. The zero-order valence-electron chi connectivity index (χ0n) is 10.6. The molecule has 0 aliphatic carbocycles. The summed E-state index contributed by atoms with van der Waals surface area (Å²) in [7, 11) is 0. The number of halogens is 2. The third kappa shape index (κ3) is 3.41. The van der Waals surface area contributed by atoms with Gasteiger partial charge < -0.3 is 11.1 Å². The maximum Gasteiger partial charge on any atom is 0.147 e. The average molecular weight is 325 g/mol. The first-order valence-electron chi connectivity index (χ1n) is 5.82. The Kier molecular flexibility index (Phi) is 3.99. The van der Waals surface area contributed by atoms with E-state index in [0.717, 1.165) is 0 Å². The quantitative estimate of drug-likeness (QED) is 0.900. The van der Waals surface area contributed by atoms with Crippen molar-refractivity contribution in [3.05, 3.63) is 40.4 Å². The van der Waals surface area contributed by atoms with E-state index in [-0.39, 0.29) is 11.7 Å². The van der Waals surface area contributed by atoms with Gasteiger partial charge in [0.05, 0.1) is 5.69 Å². The number of nitrogen functional groups attached to an aromatic ring is 1. The van der Waals surface area contributed by atoms with Crippen molar-refractivity contribution in [2.45, 2.75) is 19.8 Å². The summed E-state index contributed by atoms with van der Waals surface area (Å²) in [6, 6.07) is 6.34. The molecule has 0 fully saturated rings. The van der Waals surface area contributed by atoms with Crippen LogP contribution in [-0.4, -0.2) is 9.97 Å². The van der Waals surface area contributed by atoms with Gasteiger partial charge in [-0.25, -0.2) is 14.4 Å². The summed E-state index contributed by atoms with van der Waals surface area (Å²) in [5.74, 6) is 1.26. The van der Waals surface area contributed by atoms with Gasteiger partial charge in [0.1, 0.15) is 23.3 Å². The van der Waals surface area contributed by atoms with Gasteiger partial charge in [-0.1, -0.05) is 29.8 Å². The number of nitrogens with one attached hydrogen (secondary N) is 1. The minimum atomic E-state index is -0.363. The molecular formula is C13H14BrFN4. The van der Waals surface area contributed by atoms with Crippen LogP contribution in [0.3, 0.4) is 0 Å². The minimum Gasteiger partial charge on any atom is -0.384 e. The van der Waals surface area contributed by atoms with E-state index in [0.29, 0.717) is 27.6 Å². The lowest BCUT2D eigenvalue weighted by Crippen LogP contribution is -2.05. The highest BCUT2D eigenvalue weighted by atomic mass is 79.9. The Morgan fingerprint density at radius 1 is 1.26 bits per heavy atom. The van der Waals surface area contributed by atoms with Crippen molar-refractivity contribution in [3.8, 4) is 0 Å². The lowest BCUT2D eigenvalue weighted by Gasteiger charge is -2.10. The second-order valence-corrected chi connectivity index (χ2v) is 5.36. The van der Waals surface area contributed by atoms with Gasteiger partial charge in [0, 0.05) is 16.5 Å². The molecule has 1 heterocycles. The fourth-order valence-electron chi connectivity index (χ4n) is 1.54. The molecule has 4 nitrogen and oxygen atoms in total. The van der Waals surface area contributed by atoms with Gasteiger partial charge in [0.25, 0.3) is 0 Å². The summed E-state index contributed by atoms with van der Waals surface area (Å²) < 4.78 is 14.4. The van der Waals surface area contributed by atoms with Crippen LogP contribution in [0.5, 0.6) is 0 Å². The Hall–Kier alpha value is -1.69. The average Bonchev–Trinajstić information content (AvgIpc) is 2.32. The van der Waals surface area contributed by atoms with Crippen molar-refractivity contribution >= 4 is 33.3 Å². The van der Waals surface area contributed by atoms with E-state index in [9.17, 15) is 4.39 Å². The maximum absolute atomic E-state index is 13.7. The molecular weight excluding hydrogens is 311 g/mol. The van der Waals surface area contributed by atoms with Crippen molar-refractivity contribution in [1.29, 1.82) is 0 Å². The largest absolute Gasteiger partial charge is 0.384 e. The molecule has 2 rings (SSSR count). The summed E-state index contributed by atoms with van der Waals surface area (Å²) in [5, 5.41) is 2.91. The Labute approximate surface area is 119 Å². The lowest BCUT2D eigenvalue weighted by atomic mass is 10.2. The predicted octanol–water partition coefficient (Wildman–Crippen LogP) is 3.83.